The molecule has 3 atom stereocenters. The van der Waals surface area contributed by atoms with Crippen molar-refractivity contribution >= 4 is 44.2 Å². The van der Waals surface area contributed by atoms with Gasteiger partial charge in [0.15, 0.2) is 5.78 Å². The average molecular weight is 580 g/mol. The number of aliphatic imine (C=N–C) groups is 1. The lowest BCUT2D eigenvalue weighted by atomic mass is 9.75. The van der Waals surface area contributed by atoms with Crippen molar-refractivity contribution in [2.45, 2.75) is 106 Å². The lowest BCUT2D eigenvalue weighted by molar-refractivity contribution is -0.125. The number of carbonyl (C=O) groups is 1. The molecule has 184 valence electrons. The van der Waals surface area contributed by atoms with Gasteiger partial charge in [0.25, 0.3) is 0 Å². The Labute approximate surface area is 208 Å². The summed E-state index contributed by atoms with van der Waals surface area (Å²) in [5.41, 5.74) is 5.60. The number of hydrogen-bond donors (Lipinski definition) is 1. The van der Waals surface area contributed by atoms with Gasteiger partial charge in [-0.1, -0.05) is 68.0 Å². The van der Waals surface area contributed by atoms with E-state index < -0.39 is 15.6 Å². The van der Waals surface area contributed by atoms with Gasteiger partial charge in [-0.15, -0.1) is 0 Å². The highest BCUT2D eigenvalue weighted by atomic mass is 127. The van der Waals surface area contributed by atoms with E-state index in [4.69, 9.17) is 10.7 Å². The first-order valence-electron chi connectivity index (χ1n) is 12.8. The smallest absolute Gasteiger partial charge is 0.214 e. The Morgan fingerprint density at radius 3 is 2.56 bits per heavy atom. The minimum absolute atomic E-state index is 0.102. The Kier molecular flexibility index (Phi) is 9.86. The van der Waals surface area contributed by atoms with Gasteiger partial charge in [-0.2, -0.15) is 0 Å². The zero-order valence-electron chi connectivity index (χ0n) is 19.7. The van der Waals surface area contributed by atoms with Crippen LogP contribution in [0.3, 0.4) is 0 Å². The maximum Gasteiger partial charge on any atom is 0.214 e. The Morgan fingerprint density at radius 2 is 1.84 bits per heavy atom. The van der Waals surface area contributed by atoms with E-state index in [1.807, 2.05) is 6.92 Å². The largest absolute Gasteiger partial charge is 0.387 e. The van der Waals surface area contributed by atoms with Crippen molar-refractivity contribution < 1.29 is 13.2 Å². The summed E-state index contributed by atoms with van der Waals surface area (Å²) in [5, 5.41) is 0. The molecule has 0 spiro atoms. The number of nitrogens with two attached hydrogens (primary N) is 1. The maximum atomic E-state index is 13.5. The molecule has 0 amide bonds. The number of hydrogen-bond acceptors (Lipinski definition) is 5. The van der Waals surface area contributed by atoms with Crippen LogP contribution in [0, 0.1) is 11.8 Å². The molecule has 2 fully saturated rings. The van der Waals surface area contributed by atoms with Gasteiger partial charge in [-0.25, -0.2) is 12.7 Å². The standard InChI is InChI=1S/C24H42IN3O3S/c1-2-3-16-32(30,31)28-15-7-10-20(18-28)17-24(14-13-19-8-5-4-6-9-19)22(29)12-11-21(25)23(26)27-24/h19-21H,2-18H2,1H3,(H2,26,27)/t20?,21?,24-/m1/s1. The lowest BCUT2D eigenvalue weighted by Crippen LogP contribution is -2.46. The molecule has 1 saturated heterocycles. The van der Waals surface area contributed by atoms with E-state index in [-0.39, 0.29) is 21.4 Å². The van der Waals surface area contributed by atoms with E-state index in [0.717, 1.165) is 38.5 Å². The monoisotopic (exact) mass is 579 g/mol. The Morgan fingerprint density at radius 1 is 1.12 bits per heavy atom. The minimum atomic E-state index is -3.22. The van der Waals surface area contributed by atoms with E-state index in [0.29, 0.717) is 44.1 Å². The van der Waals surface area contributed by atoms with Crippen LogP contribution >= 0.6 is 22.6 Å². The number of sulfonamides is 1. The van der Waals surface area contributed by atoms with Gasteiger partial charge in [0.05, 0.1) is 9.68 Å². The number of amidine groups is 1. The van der Waals surface area contributed by atoms with Crippen LogP contribution in [-0.4, -0.2) is 52.6 Å². The van der Waals surface area contributed by atoms with E-state index in [1.165, 1.54) is 32.1 Å². The molecule has 0 radical (unpaired) electrons. The second-order valence-electron chi connectivity index (χ2n) is 10.3. The first-order valence-corrected chi connectivity index (χ1v) is 15.6. The number of piperidine rings is 1. The third-order valence-electron chi connectivity index (χ3n) is 7.76. The summed E-state index contributed by atoms with van der Waals surface area (Å²) in [4.78, 5) is 18.4. The maximum absolute atomic E-state index is 13.5. The van der Waals surface area contributed by atoms with Gasteiger partial charge in [0, 0.05) is 19.5 Å². The Hall–Kier alpha value is -0.220. The van der Waals surface area contributed by atoms with Crippen molar-refractivity contribution in [3.8, 4) is 0 Å². The SMILES string of the molecule is CCCCS(=O)(=O)N1CCCC(C[C@@]2(CCC3CCCCC3)N=C(N)C(I)CCC2=O)C1. The normalized spacial score (nSPS) is 31.3. The summed E-state index contributed by atoms with van der Waals surface area (Å²) < 4.78 is 27.4. The molecule has 0 aromatic heterocycles. The molecule has 2 unspecified atom stereocenters. The number of carbonyl (C=O) groups excluding carboxylic acids is 1. The number of halogens is 1. The number of nitrogens with zero attached hydrogens (tertiary/aromatic N) is 2. The number of rotatable bonds is 9. The van der Waals surface area contributed by atoms with Crippen molar-refractivity contribution in [1.29, 1.82) is 0 Å². The Balaban J connectivity index is 1.77. The average Bonchev–Trinajstić information content (AvgIpc) is 2.89. The molecule has 2 N–H and O–H groups in total. The predicted molar refractivity (Wildman–Crippen MR) is 140 cm³/mol. The van der Waals surface area contributed by atoms with E-state index in [2.05, 4.69) is 22.6 Å². The summed E-state index contributed by atoms with van der Waals surface area (Å²) in [7, 11) is -3.22. The van der Waals surface area contributed by atoms with Gasteiger partial charge in [-0.3, -0.25) is 9.79 Å². The quantitative estimate of drug-likeness (QED) is 0.313. The molecule has 3 aliphatic rings. The molecular weight excluding hydrogens is 537 g/mol. The van der Waals surface area contributed by atoms with Gasteiger partial charge in [0.2, 0.25) is 10.0 Å². The molecule has 2 heterocycles. The second-order valence-corrected chi connectivity index (χ2v) is 13.9. The van der Waals surface area contributed by atoms with E-state index >= 15 is 0 Å². The van der Waals surface area contributed by atoms with Crippen LogP contribution in [0.2, 0.25) is 0 Å². The first kappa shape index (κ1) is 26.4. The van der Waals surface area contributed by atoms with Crippen LogP contribution in [0.5, 0.6) is 0 Å². The number of alkyl halides is 1. The summed E-state index contributed by atoms with van der Waals surface area (Å²) in [6.07, 6.45) is 13.5. The highest BCUT2D eigenvalue weighted by Crippen LogP contribution is 2.39. The zero-order valence-corrected chi connectivity index (χ0v) is 22.7. The van der Waals surface area contributed by atoms with Crippen molar-refractivity contribution in [3.05, 3.63) is 0 Å². The fourth-order valence-electron chi connectivity index (χ4n) is 5.77. The van der Waals surface area contributed by atoms with Gasteiger partial charge in [0.1, 0.15) is 11.4 Å². The molecule has 1 aliphatic carbocycles. The van der Waals surface area contributed by atoms with Gasteiger partial charge >= 0.3 is 0 Å². The predicted octanol–water partition coefficient (Wildman–Crippen LogP) is 4.84. The van der Waals surface area contributed by atoms with Crippen LogP contribution in [-0.2, 0) is 14.8 Å². The number of unbranched alkanes of at least 4 members (excludes halogenated alkanes) is 1. The summed E-state index contributed by atoms with van der Waals surface area (Å²) in [6.45, 7) is 3.14. The van der Waals surface area contributed by atoms with Crippen LogP contribution in [0.15, 0.2) is 4.99 Å². The van der Waals surface area contributed by atoms with Crippen molar-refractivity contribution in [2.75, 3.05) is 18.8 Å². The Bertz CT molecular complexity index is 766. The van der Waals surface area contributed by atoms with Crippen LogP contribution in [0.4, 0.5) is 0 Å². The highest BCUT2D eigenvalue weighted by molar-refractivity contribution is 14.1. The molecule has 3 rings (SSSR count). The molecule has 8 heteroatoms. The van der Waals surface area contributed by atoms with E-state index in [1.54, 1.807) is 4.31 Å². The molecule has 32 heavy (non-hydrogen) atoms. The molecule has 2 aliphatic heterocycles. The summed E-state index contributed by atoms with van der Waals surface area (Å²) in [6, 6.07) is 0. The highest BCUT2D eigenvalue weighted by Gasteiger charge is 2.43. The molecule has 0 aromatic rings. The molecule has 0 bridgehead atoms. The lowest BCUT2D eigenvalue weighted by Gasteiger charge is -2.38. The molecule has 1 saturated carbocycles. The van der Waals surface area contributed by atoms with Crippen molar-refractivity contribution in [3.63, 3.8) is 0 Å². The number of Topliss-reactive ketones (excluding diaryl/α,β-unsaturated/α-hetero) is 1. The first-order chi connectivity index (χ1) is 15.3. The molecule has 6 nitrogen and oxygen atoms in total. The van der Waals surface area contributed by atoms with Crippen LogP contribution in [0.1, 0.15) is 96.8 Å². The topological polar surface area (TPSA) is 92.8 Å². The second kappa shape index (κ2) is 12.0. The van der Waals surface area contributed by atoms with E-state index in [9.17, 15) is 13.2 Å². The molecular formula is C24H42IN3O3S. The van der Waals surface area contributed by atoms with Crippen molar-refractivity contribution in [1.82, 2.24) is 4.31 Å². The summed E-state index contributed by atoms with van der Waals surface area (Å²) in [5.74, 6) is 1.90. The summed E-state index contributed by atoms with van der Waals surface area (Å²) >= 11 is 2.31. The third-order valence-corrected chi connectivity index (χ3v) is 10.9. The minimum Gasteiger partial charge on any atom is -0.387 e. The zero-order chi connectivity index (χ0) is 23.2. The van der Waals surface area contributed by atoms with Crippen LogP contribution in [0.25, 0.3) is 0 Å². The fraction of sp³-hybridized carbons (Fsp3) is 0.917. The fourth-order valence-corrected chi connectivity index (χ4v) is 7.98. The molecule has 0 aromatic carbocycles. The number of ketones is 1. The van der Waals surface area contributed by atoms with Crippen molar-refractivity contribution in [2.24, 2.45) is 22.6 Å². The van der Waals surface area contributed by atoms with Gasteiger partial charge in [-0.05, 0) is 56.8 Å². The van der Waals surface area contributed by atoms with Crippen LogP contribution < -0.4 is 5.73 Å². The third kappa shape index (κ3) is 6.90. The van der Waals surface area contributed by atoms with Gasteiger partial charge < -0.3 is 5.73 Å².